The Balaban J connectivity index is 1.28. The van der Waals surface area contributed by atoms with Crippen molar-refractivity contribution in [1.82, 2.24) is 19.9 Å². The van der Waals surface area contributed by atoms with Gasteiger partial charge in [0.15, 0.2) is 0 Å². The third-order valence-electron chi connectivity index (χ3n) is 5.63. The van der Waals surface area contributed by atoms with Crippen molar-refractivity contribution in [1.29, 1.82) is 0 Å². The number of amides is 1. The summed E-state index contributed by atoms with van der Waals surface area (Å²) < 4.78 is 0. The van der Waals surface area contributed by atoms with Gasteiger partial charge < -0.3 is 15.1 Å². The fourth-order valence-electron chi connectivity index (χ4n) is 3.85. The highest BCUT2D eigenvalue weighted by molar-refractivity contribution is 7.23. The smallest absolute Gasteiger partial charge is 0.227 e. The number of thiophene rings is 1. The third kappa shape index (κ3) is 4.74. The summed E-state index contributed by atoms with van der Waals surface area (Å²) in [6, 6.07) is 14.3. The summed E-state index contributed by atoms with van der Waals surface area (Å²) in [6.45, 7) is 6.87. The first kappa shape index (κ1) is 21.5. The number of nitrogens with zero attached hydrogens (tertiary/aromatic N) is 5. The fraction of sp³-hybridized carbons (Fsp3) is 0.250. The molecule has 1 amide bonds. The van der Waals surface area contributed by atoms with Gasteiger partial charge in [-0.3, -0.25) is 4.79 Å². The Morgan fingerprint density at radius 3 is 2.52 bits per heavy atom. The number of nitrogens with one attached hydrogen (secondary N) is 1. The summed E-state index contributed by atoms with van der Waals surface area (Å²) in [5.74, 6) is 0.702. The molecule has 1 aliphatic heterocycles. The van der Waals surface area contributed by atoms with Gasteiger partial charge in [-0.25, -0.2) is 15.0 Å². The molecule has 1 fully saturated rings. The topological polar surface area (TPSA) is 74.2 Å². The van der Waals surface area contributed by atoms with Crippen LogP contribution in [0.15, 0.2) is 54.0 Å². The van der Waals surface area contributed by atoms with E-state index in [9.17, 15) is 4.79 Å². The first-order valence-electron chi connectivity index (χ1n) is 10.8. The molecule has 0 aliphatic carbocycles. The number of anilines is 3. The quantitative estimate of drug-likeness (QED) is 0.435. The maximum Gasteiger partial charge on any atom is 0.227 e. The number of hydrogen-bond donors (Lipinski definition) is 1. The van der Waals surface area contributed by atoms with Crippen molar-refractivity contribution in [3.8, 4) is 20.5 Å². The van der Waals surface area contributed by atoms with Crippen LogP contribution in [0.2, 0.25) is 0 Å². The molecule has 7 nitrogen and oxygen atoms in total. The van der Waals surface area contributed by atoms with Crippen LogP contribution in [0.3, 0.4) is 0 Å². The average molecular weight is 477 g/mol. The predicted molar refractivity (Wildman–Crippen MR) is 135 cm³/mol. The van der Waals surface area contributed by atoms with Gasteiger partial charge in [-0.05, 0) is 48.7 Å². The van der Waals surface area contributed by atoms with Crippen LogP contribution in [-0.2, 0) is 4.79 Å². The van der Waals surface area contributed by atoms with Crippen molar-refractivity contribution < 1.29 is 4.79 Å². The van der Waals surface area contributed by atoms with Crippen molar-refractivity contribution in [3.05, 3.63) is 59.7 Å². The number of carbonyl (C=O) groups is 1. The van der Waals surface area contributed by atoms with Crippen molar-refractivity contribution in [2.45, 2.75) is 13.8 Å². The second-order valence-electron chi connectivity index (χ2n) is 7.84. The minimum Gasteiger partial charge on any atom is -0.368 e. The zero-order valence-corrected chi connectivity index (χ0v) is 20.1. The molecular formula is C24H24N6OS2. The second kappa shape index (κ2) is 9.29. The van der Waals surface area contributed by atoms with Crippen LogP contribution in [0.4, 0.5) is 17.3 Å². The van der Waals surface area contributed by atoms with E-state index in [-0.39, 0.29) is 5.91 Å². The van der Waals surface area contributed by atoms with Gasteiger partial charge in [0.2, 0.25) is 11.9 Å². The molecule has 1 aliphatic rings. The Kier molecular flexibility index (Phi) is 6.06. The SMILES string of the molecule is CC(=O)N1CCN(c2ccc(Nc3nccc(-c4sc(-c5cccs5)nc4C)n3)cc2)CC1. The van der Waals surface area contributed by atoms with E-state index < -0.39 is 0 Å². The minimum absolute atomic E-state index is 0.146. The van der Waals surface area contributed by atoms with E-state index in [0.717, 1.165) is 58.8 Å². The van der Waals surface area contributed by atoms with Crippen molar-refractivity contribution in [3.63, 3.8) is 0 Å². The molecule has 33 heavy (non-hydrogen) atoms. The predicted octanol–water partition coefficient (Wildman–Crippen LogP) is 5.05. The lowest BCUT2D eigenvalue weighted by Crippen LogP contribution is -2.48. The lowest BCUT2D eigenvalue weighted by molar-refractivity contribution is -0.129. The van der Waals surface area contributed by atoms with Crippen LogP contribution in [0, 0.1) is 6.92 Å². The van der Waals surface area contributed by atoms with E-state index in [4.69, 9.17) is 9.97 Å². The Morgan fingerprint density at radius 2 is 1.82 bits per heavy atom. The van der Waals surface area contributed by atoms with E-state index in [1.165, 1.54) is 4.88 Å². The molecule has 1 saturated heterocycles. The molecule has 0 atom stereocenters. The molecule has 168 valence electrons. The lowest BCUT2D eigenvalue weighted by atomic mass is 10.2. The van der Waals surface area contributed by atoms with Crippen LogP contribution < -0.4 is 10.2 Å². The monoisotopic (exact) mass is 476 g/mol. The molecule has 0 spiro atoms. The van der Waals surface area contributed by atoms with Crippen LogP contribution in [0.25, 0.3) is 20.5 Å². The number of rotatable bonds is 5. The summed E-state index contributed by atoms with van der Waals surface area (Å²) in [5.41, 5.74) is 3.92. The van der Waals surface area contributed by atoms with Gasteiger partial charge in [0.1, 0.15) is 5.01 Å². The molecular weight excluding hydrogens is 452 g/mol. The molecule has 4 aromatic rings. The highest BCUT2D eigenvalue weighted by Gasteiger charge is 2.19. The molecule has 0 saturated carbocycles. The highest BCUT2D eigenvalue weighted by atomic mass is 32.1. The van der Waals surface area contributed by atoms with Gasteiger partial charge >= 0.3 is 0 Å². The van der Waals surface area contributed by atoms with Crippen molar-refractivity contribution in [2.24, 2.45) is 0 Å². The van der Waals surface area contributed by atoms with Gasteiger partial charge in [-0.1, -0.05) is 6.07 Å². The molecule has 1 aromatic carbocycles. The number of aryl methyl sites for hydroxylation is 1. The number of aromatic nitrogens is 3. The van der Waals surface area contributed by atoms with E-state index in [1.54, 1.807) is 35.8 Å². The summed E-state index contributed by atoms with van der Waals surface area (Å²) in [7, 11) is 0. The minimum atomic E-state index is 0.146. The van der Waals surface area contributed by atoms with Crippen LogP contribution in [-0.4, -0.2) is 51.9 Å². The second-order valence-corrected chi connectivity index (χ2v) is 9.79. The first-order chi connectivity index (χ1) is 16.1. The lowest BCUT2D eigenvalue weighted by Gasteiger charge is -2.35. The van der Waals surface area contributed by atoms with Gasteiger partial charge in [-0.2, -0.15) is 0 Å². The number of piperazine rings is 1. The first-order valence-corrected chi connectivity index (χ1v) is 12.5. The molecule has 5 rings (SSSR count). The summed E-state index contributed by atoms with van der Waals surface area (Å²) in [6.07, 6.45) is 1.78. The summed E-state index contributed by atoms with van der Waals surface area (Å²) in [5, 5.41) is 6.40. The molecule has 9 heteroatoms. The van der Waals surface area contributed by atoms with E-state index >= 15 is 0 Å². The zero-order valence-electron chi connectivity index (χ0n) is 18.5. The maximum atomic E-state index is 11.5. The Bertz CT molecular complexity index is 1240. The molecule has 0 unspecified atom stereocenters. The highest BCUT2D eigenvalue weighted by Crippen LogP contribution is 2.36. The maximum absolute atomic E-state index is 11.5. The standard InChI is InChI=1S/C24H24N6OS2/c1-16-22(33-23(26-16)21-4-3-15-32-21)20-9-10-25-24(28-20)27-18-5-7-19(8-6-18)30-13-11-29(12-14-30)17(2)31/h3-10,15H,11-14H2,1-2H3,(H,25,27,28). The largest absolute Gasteiger partial charge is 0.368 e. The average Bonchev–Trinajstić information content (AvgIpc) is 3.50. The van der Waals surface area contributed by atoms with Crippen molar-refractivity contribution in [2.75, 3.05) is 36.4 Å². The van der Waals surface area contributed by atoms with Crippen molar-refractivity contribution >= 4 is 45.9 Å². The number of carbonyl (C=O) groups excluding carboxylic acids is 1. The molecule has 3 aromatic heterocycles. The molecule has 1 N–H and O–H groups in total. The summed E-state index contributed by atoms with van der Waals surface area (Å²) >= 11 is 3.35. The van der Waals surface area contributed by atoms with E-state index in [1.807, 2.05) is 36.1 Å². The van der Waals surface area contributed by atoms with Crippen LogP contribution in [0.1, 0.15) is 12.6 Å². The zero-order chi connectivity index (χ0) is 22.8. The Labute approximate surface area is 200 Å². The van der Waals surface area contributed by atoms with E-state index in [0.29, 0.717) is 5.95 Å². The van der Waals surface area contributed by atoms with Crippen LogP contribution in [0.5, 0.6) is 0 Å². The van der Waals surface area contributed by atoms with E-state index in [2.05, 4.69) is 38.8 Å². The Morgan fingerprint density at radius 1 is 1.03 bits per heavy atom. The van der Waals surface area contributed by atoms with Gasteiger partial charge in [0, 0.05) is 50.7 Å². The molecule has 0 bridgehead atoms. The summed E-state index contributed by atoms with van der Waals surface area (Å²) in [4.78, 5) is 31.8. The van der Waals surface area contributed by atoms with Gasteiger partial charge in [0.05, 0.1) is 21.1 Å². The van der Waals surface area contributed by atoms with Crippen LogP contribution >= 0.6 is 22.7 Å². The third-order valence-corrected chi connectivity index (χ3v) is 7.85. The van der Waals surface area contributed by atoms with Gasteiger partial charge in [-0.15, -0.1) is 22.7 Å². The van der Waals surface area contributed by atoms with Gasteiger partial charge in [0.25, 0.3) is 0 Å². The molecule has 4 heterocycles. The number of hydrogen-bond acceptors (Lipinski definition) is 8. The fourth-order valence-corrected chi connectivity index (χ4v) is 5.68. The normalized spacial score (nSPS) is 13.9. The number of thiazole rings is 1. The molecule has 0 radical (unpaired) electrons. The number of benzene rings is 1. The Hall–Kier alpha value is -3.30.